The molecular weight excluding hydrogens is 214 g/mol. The molecule has 2 N–H and O–H groups in total. The minimum absolute atomic E-state index is 0.488. The average molecular weight is 237 g/mol. The van der Waals surface area contributed by atoms with E-state index in [9.17, 15) is 0 Å². The second-order valence-electron chi connectivity index (χ2n) is 4.68. The van der Waals surface area contributed by atoms with Crippen molar-refractivity contribution in [3.63, 3.8) is 0 Å². The van der Waals surface area contributed by atoms with Gasteiger partial charge in [0.15, 0.2) is 0 Å². The fourth-order valence-electron chi connectivity index (χ4n) is 1.57. The van der Waals surface area contributed by atoms with Crippen molar-refractivity contribution in [2.45, 2.75) is 46.5 Å². The van der Waals surface area contributed by atoms with Gasteiger partial charge in [-0.25, -0.2) is 4.98 Å². The molecule has 0 atom stereocenters. The maximum Gasteiger partial charge on any atom is 0.218 e. The minimum atomic E-state index is 0.488. The Kier molecular flexibility index (Phi) is 5.73. The van der Waals surface area contributed by atoms with Crippen molar-refractivity contribution in [2.75, 3.05) is 12.3 Å². The van der Waals surface area contributed by atoms with E-state index >= 15 is 0 Å². The summed E-state index contributed by atoms with van der Waals surface area (Å²) >= 11 is 0. The Morgan fingerprint density at radius 2 is 2.12 bits per heavy atom. The lowest BCUT2D eigenvalue weighted by atomic mass is 10.1. The third kappa shape index (κ3) is 5.52. The summed E-state index contributed by atoms with van der Waals surface area (Å²) in [7, 11) is 0. The van der Waals surface area contributed by atoms with Crippen LogP contribution in [0.25, 0.3) is 0 Å². The van der Waals surface area contributed by atoms with Gasteiger partial charge < -0.3 is 10.5 Å². The highest BCUT2D eigenvalue weighted by Gasteiger charge is 2.03. The van der Waals surface area contributed by atoms with Crippen molar-refractivity contribution < 1.29 is 4.74 Å². The van der Waals surface area contributed by atoms with E-state index in [0.717, 1.165) is 25.1 Å². The van der Waals surface area contributed by atoms with Gasteiger partial charge in [-0.2, -0.15) is 4.98 Å². The van der Waals surface area contributed by atoms with Crippen LogP contribution in [0.2, 0.25) is 0 Å². The maximum absolute atomic E-state index is 5.71. The number of hydrogen-bond donors (Lipinski definition) is 1. The number of nitrogens with two attached hydrogens (primary N) is 1. The van der Waals surface area contributed by atoms with Gasteiger partial charge in [-0.05, 0) is 25.2 Å². The highest BCUT2D eigenvalue weighted by molar-refractivity contribution is 5.32. The fraction of sp³-hybridized carbons (Fsp3) is 0.692. The third-order valence-electron chi connectivity index (χ3n) is 2.42. The van der Waals surface area contributed by atoms with Gasteiger partial charge in [-0.15, -0.1) is 0 Å². The number of anilines is 1. The molecule has 0 bridgehead atoms. The van der Waals surface area contributed by atoms with E-state index in [-0.39, 0.29) is 0 Å². The Hall–Kier alpha value is -1.32. The number of ether oxygens (including phenoxy) is 1. The van der Waals surface area contributed by atoms with Crippen molar-refractivity contribution in [3.05, 3.63) is 11.9 Å². The van der Waals surface area contributed by atoms with E-state index < -0.39 is 0 Å². The zero-order valence-electron chi connectivity index (χ0n) is 11.1. The Balaban J connectivity index is 2.46. The van der Waals surface area contributed by atoms with Crippen LogP contribution in [0, 0.1) is 5.92 Å². The van der Waals surface area contributed by atoms with Crippen molar-refractivity contribution in [1.29, 1.82) is 0 Å². The second kappa shape index (κ2) is 7.09. The number of nitrogens with zero attached hydrogens (tertiary/aromatic N) is 2. The van der Waals surface area contributed by atoms with Crippen molar-refractivity contribution in [1.82, 2.24) is 9.97 Å². The Bertz CT molecular complexity index is 339. The van der Waals surface area contributed by atoms with E-state index in [1.165, 1.54) is 6.42 Å². The number of nitrogen functional groups attached to an aromatic ring is 1. The molecule has 0 fully saturated rings. The SMILES string of the molecule is CCCc1nc(N)cc(OCCCC(C)C)n1. The summed E-state index contributed by atoms with van der Waals surface area (Å²) in [6.45, 7) is 7.21. The Morgan fingerprint density at radius 3 is 2.76 bits per heavy atom. The van der Waals surface area contributed by atoms with Crippen molar-refractivity contribution in [3.8, 4) is 5.88 Å². The minimum Gasteiger partial charge on any atom is -0.478 e. The fourth-order valence-corrected chi connectivity index (χ4v) is 1.57. The van der Waals surface area contributed by atoms with Crippen LogP contribution in [0.4, 0.5) is 5.82 Å². The van der Waals surface area contributed by atoms with Gasteiger partial charge in [-0.1, -0.05) is 20.8 Å². The molecule has 1 aromatic heterocycles. The molecule has 0 aliphatic rings. The number of hydrogen-bond acceptors (Lipinski definition) is 4. The van der Waals surface area contributed by atoms with Gasteiger partial charge in [-0.3, -0.25) is 0 Å². The molecule has 0 spiro atoms. The monoisotopic (exact) mass is 237 g/mol. The van der Waals surface area contributed by atoms with Crippen LogP contribution in [-0.2, 0) is 6.42 Å². The summed E-state index contributed by atoms with van der Waals surface area (Å²) in [6.07, 6.45) is 4.07. The van der Waals surface area contributed by atoms with E-state index in [1.54, 1.807) is 6.07 Å². The van der Waals surface area contributed by atoms with Crippen molar-refractivity contribution >= 4 is 5.82 Å². The molecule has 0 unspecified atom stereocenters. The molecular formula is C13H23N3O. The van der Waals surface area contributed by atoms with Gasteiger partial charge >= 0.3 is 0 Å². The molecule has 0 aliphatic heterocycles. The lowest BCUT2D eigenvalue weighted by Gasteiger charge is -2.08. The molecule has 1 rings (SSSR count). The summed E-state index contributed by atoms with van der Waals surface area (Å²) in [5, 5.41) is 0. The first-order valence-corrected chi connectivity index (χ1v) is 6.38. The lowest BCUT2D eigenvalue weighted by molar-refractivity contribution is 0.286. The summed E-state index contributed by atoms with van der Waals surface area (Å²) in [5.74, 6) is 2.57. The number of rotatable bonds is 7. The predicted molar refractivity (Wildman–Crippen MR) is 70.0 cm³/mol. The van der Waals surface area contributed by atoms with Crippen LogP contribution in [0.5, 0.6) is 5.88 Å². The van der Waals surface area contributed by atoms with Crippen LogP contribution < -0.4 is 10.5 Å². The Labute approximate surface area is 104 Å². The van der Waals surface area contributed by atoms with Crippen LogP contribution in [0.1, 0.15) is 45.9 Å². The normalized spacial score (nSPS) is 10.8. The standard InChI is InChI=1S/C13H23N3O/c1-4-6-12-15-11(14)9-13(16-12)17-8-5-7-10(2)3/h9-10H,4-8H2,1-3H3,(H2,14,15,16). The molecule has 0 saturated carbocycles. The zero-order valence-corrected chi connectivity index (χ0v) is 11.1. The maximum atomic E-state index is 5.71. The summed E-state index contributed by atoms with van der Waals surface area (Å²) in [4.78, 5) is 8.49. The van der Waals surface area contributed by atoms with Gasteiger partial charge in [0.1, 0.15) is 11.6 Å². The molecule has 1 heterocycles. The van der Waals surface area contributed by atoms with E-state index in [2.05, 4.69) is 30.7 Å². The molecule has 1 aromatic rings. The van der Waals surface area contributed by atoms with Gasteiger partial charge in [0.05, 0.1) is 6.61 Å². The third-order valence-corrected chi connectivity index (χ3v) is 2.42. The summed E-state index contributed by atoms with van der Waals surface area (Å²) in [5.41, 5.74) is 5.71. The molecule has 96 valence electrons. The van der Waals surface area contributed by atoms with Crippen molar-refractivity contribution in [2.24, 2.45) is 5.92 Å². The predicted octanol–water partition coefficient (Wildman–Crippen LogP) is 2.83. The highest BCUT2D eigenvalue weighted by Crippen LogP contribution is 2.13. The zero-order chi connectivity index (χ0) is 12.7. The second-order valence-corrected chi connectivity index (χ2v) is 4.68. The quantitative estimate of drug-likeness (QED) is 0.741. The van der Waals surface area contributed by atoms with Crippen LogP contribution >= 0.6 is 0 Å². The van der Waals surface area contributed by atoms with Crippen LogP contribution in [0.3, 0.4) is 0 Å². The molecule has 0 aliphatic carbocycles. The van der Waals surface area contributed by atoms with Gasteiger partial charge in [0.25, 0.3) is 0 Å². The highest BCUT2D eigenvalue weighted by atomic mass is 16.5. The smallest absolute Gasteiger partial charge is 0.218 e. The number of aryl methyl sites for hydroxylation is 1. The van der Waals surface area contributed by atoms with E-state index in [4.69, 9.17) is 10.5 Å². The average Bonchev–Trinajstić information content (AvgIpc) is 2.24. The van der Waals surface area contributed by atoms with Gasteiger partial charge in [0.2, 0.25) is 5.88 Å². The first kappa shape index (κ1) is 13.7. The molecule has 17 heavy (non-hydrogen) atoms. The molecule has 4 nitrogen and oxygen atoms in total. The summed E-state index contributed by atoms with van der Waals surface area (Å²) in [6, 6.07) is 1.69. The first-order chi connectivity index (χ1) is 8.11. The largest absolute Gasteiger partial charge is 0.478 e. The first-order valence-electron chi connectivity index (χ1n) is 6.38. The Morgan fingerprint density at radius 1 is 1.35 bits per heavy atom. The molecule has 0 amide bonds. The van der Waals surface area contributed by atoms with E-state index in [0.29, 0.717) is 24.2 Å². The topological polar surface area (TPSA) is 61.0 Å². The van der Waals surface area contributed by atoms with Crippen LogP contribution in [-0.4, -0.2) is 16.6 Å². The van der Waals surface area contributed by atoms with Gasteiger partial charge in [0, 0.05) is 12.5 Å². The van der Waals surface area contributed by atoms with Crippen LogP contribution in [0.15, 0.2) is 6.07 Å². The lowest BCUT2D eigenvalue weighted by Crippen LogP contribution is -2.05. The molecule has 0 radical (unpaired) electrons. The molecule has 0 aromatic carbocycles. The van der Waals surface area contributed by atoms with E-state index in [1.807, 2.05) is 0 Å². The summed E-state index contributed by atoms with van der Waals surface area (Å²) < 4.78 is 5.59. The molecule has 0 saturated heterocycles. The molecule has 4 heteroatoms. The number of aromatic nitrogens is 2.